The van der Waals surface area contributed by atoms with Crippen LogP contribution in [0.2, 0.25) is 0 Å². The molecule has 9 rings (SSSR count). The Hall–Kier alpha value is -0.320. The summed E-state index contributed by atoms with van der Waals surface area (Å²) in [6, 6.07) is 0.650. The second-order valence-corrected chi connectivity index (χ2v) is 21.2. The van der Waals surface area contributed by atoms with Crippen LogP contribution in [0.3, 0.4) is 0 Å². The van der Waals surface area contributed by atoms with Gasteiger partial charge in [-0.1, -0.05) is 20.8 Å². The van der Waals surface area contributed by atoms with Gasteiger partial charge in [-0.25, -0.2) is 0 Å². The molecule has 4 heterocycles. The molecule has 4 aliphatic heterocycles. The summed E-state index contributed by atoms with van der Waals surface area (Å²) in [6.45, 7) is 26.0. The third-order valence-corrected chi connectivity index (χ3v) is 18.1. The van der Waals surface area contributed by atoms with E-state index in [0.29, 0.717) is 46.8 Å². The molecule has 0 aromatic carbocycles. The molecule has 5 aliphatic carbocycles. The number of nitrogens with zero attached hydrogens (tertiary/aromatic N) is 2. The third kappa shape index (κ3) is 5.40. The van der Waals surface area contributed by atoms with Gasteiger partial charge in [-0.15, -0.1) is 0 Å². The van der Waals surface area contributed by atoms with Gasteiger partial charge in [-0.3, -0.25) is 9.80 Å². The first-order valence-corrected chi connectivity index (χ1v) is 21.5. The minimum Gasteiger partial charge on any atom is -0.388 e. The maximum absolute atomic E-state index is 11.0. The first kappa shape index (κ1) is 36.3. The molecule has 0 radical (unpaired) electrons. The molecule has 8 heteroatoms. The van der Waals surface area contributed by atoms with Gasteiger partial charge in [0.15, 0.2) is 6.29 Å². The lowest BCUT2D eigenvalue weighted by Gasteiger charge is -2.60. The Kier molecular flexibility index (Phi) is 8.79. The van der Waals surface area contributed by atoms with E-state index in [9.17, 15) is 5.11 Å². The van der Waals surface area contributed by atoms with Gasteiger partial charge >= 0.3 is 0 Å². The highest BCUT2D eigenvalue weighted by molar-refractivity contribution is 5.29. The fourth-order valence-corrected chi connectivity index (χ4v) is 15.0. The van der Waals surface area contributed by atoms with E-state index in [0.717, 1.165) is 57.1 Å². The van der Waals surface area contributed by atoms with Crippen LogP contribution in [-0.4, -0.2) is 115 Å². The van der Waals surface area contributed by atoms with Gasteiger partial charge in [0, 0.05) is 37.7 Å². The van der Waals surface area contributed by atoms with Crippen molar-refractivity contribution >= 4 is 0 Å². The van der Waals surface area contributed by atoms with Crippen molar-refractivity contribution in [1.29, 1.82) is 0 Å². The van der Waals surface area contributed by atoms with Crippen LogP contribution >= 0.6 is 0 Å². The summed E-state index contributed by atoms with van der Waals surface area (Å²) < 4.78 is 32.1. The summed E-state index contributed by atoms with van der Waals surface area (Å²) in [7, 11) is 0. The Balaban J connectivity index is 0.854. The first-order chi connectivity index (χ1) is 24.1. The molecule has 8 nitrogen and oxygen atoms in total. The van der Waals surface area contributed by atoms with E-state index in [1.54, 1.807) is 0 Å². The number of morpholine rings is 1. The first-order valence-electron chi connectivity index (χ1n) is 21.5. The number of fused-ring (bicyclic) bond motifs is 4. The predicted molar refractivity (Wildman–Crippen MR) is 197 cm³/mol. The van der Waals surface area contributed by atoms with Crippen molar-refractivity contribution in [1.82, 2.24) is 9.80 Å². The largest absolute Gasteiger partial charge is 0.388 e. The lowest BCUT2D eigenvalue weighted by Crippen LogP contribution is -2.68. The molecule has 0 aromatic heterocycles. The molecule has 0 aromatic rings. The van der Waals surface area contributed by atoms with Gasteiger partial charge in [-0.05, 0) is 144 Å². The van der Waals surface area contributed by atoms with E-state index >= 15 is 0 Å². The van der Waals surface area contributed by atoms with Crippen LogP contribution < -0.4 is 0 Å². The zero-order valence-electron chi connectivity index (χ0n) is 33.5. The lowest BCUT2D eigenvalue weighted by molar-refractivity contribution is -0.255. The van der Waals surface area contributed by atoms with Crippen molar-refractivity contribution in [2.45, 2.75) is 167 Å². The maximum atomic E-state index is 11.0. The van der Waals surface area contributed by atoms with Crippen molar-refractivity contribution in [3.05, 3.63) is 0 Å². The molecule has 1 N–H and O–H groups in total. The molecule has 51 heavy (non-hydrogen) atoms. The fourth-order valence-electron chi connectivity index (χ4n) is 15.0. The quantitative estimate of drug-likeness (QED) is 0.290. The Morgan fingerprint density at radius 2 is 1.65 bits per heavy atom. The SMILES string of the molecule is CCOC(C1CCC2C(CC3C4CCC5C(C)(C)C(OC6CN(C(C)(C)C7CN(C8COC8)C7)CCO6)CCC56CC46CCC23C)O1)C(C)(C)O. The van der Waals surface area contributed by atoms with E-state index in [1.807, 2.05) is 20.8 Å². The molecule has 4 saturated heterocycles. The maximum Gasteiger partial charge on any atom is 0.170 e. The van der Waals surface area contributed by atoms with Crippen LogP contribution in [0.5, 0.6) is 0 Å². The lowest BCUT2D eigenvalue weighted by atomic mass is 9.46. The molecule has 5 saturated carbocycles. The summed E-state index contributed by atoms with van der Waals surface area (Å²) in [5, 5.41) is 11.0. The molecular formula is C43H72N2O6. The van der Waals surface area contributed by atoms with Gasteiger partial charge in [0.2, 0.25) is 0 Å². The summed E-state index contributed by atoms with van der Waals surface area (Å²) in [4.78, 5) is 5.31. The molecule has 9 fully saturated rings. The third-order valence-electron chi connectivity index (χ3n) is 18.1. The van der Waals surface area contributed by atoms with Crippen molar-refractivity contribution in [2.24, 2.45) is 51.2 Å². The Bertz CT molecular complexity index is 1310. The predicted octanol–water partition coefficient (Wildman–Crippen LogP) is 6.52. The summed E-state index contributed by atoms with van der Waals surface area (Å²) >= 11 is 0. The topological polar surface area (TPSA) is 72.9 Å². The highest BCUT2D eigenvalue weighted by atomic mass is 16.7. The van der Waals surface area contributed by atoms with E-state index in [-0.39, 0.29) is 35.6 Å². The molecule has 0 bridgehead atoms. The molecule has 2 spiro atoms. The molecule has 12 unspecified atom stereocenters. The Labute approximate surface area is 309 Å². The molecule has 12 atom stereocenters. The Morgan fingerprint density at radius 3 is 2.35 bits per heavy atom. The number of rotatable bonds is 9. The van der Waals surface area contributed by atoms with Crippen molar-refractivity contribution < 1.29 is 28.8 Å². The molecular weight excluding hydrogens is 640 g/mol. The standard InChI is InChI=1S/C43H72N2O6/c1-9-48-37(40(6,7)46)32-12-10-30-33(50-32)20-31-29-11-13-34-38(2,3)35(14-15-43(34)26-42(29,43)17-16-41(30,31)8)51-36-23-45(18-19-49-36)39(4,5)27-21-44(22-27)28-24-47-25-28/h27-37,46H,9-26H2,1-8H3. The minimum absolute atomic E-state index is 0.00894. The average molecular weight is 713 g/mol. The van der Waals surface area contributed by atoms with Gasteiger partial charge in [0.1, 0.15) is 6.10 Å². The van der Waals surface area contributed by atoms with Crippen molar-refractivity contribution in [3.63, 3.8) is 0 Å². The van der Waals surface area contributed by atoms with Gasteiger partial charge < -0.3 is 28.8 Å². The zero-order chi connectivity index (χ0) is 35.8. The van der Waals surface area contributed by atoms with Crippen molar-refractivity contribution in [2.75, 3.05) is 52.6 Å². The monoisotopic (exact) mass is 713 g/mol. The average Bonchev–Trinajstić information content (AvgIpc) is 3.61. The second kappa shape index (κ2) is 12.3. The van der Waals surface area contributed by atoms with Crippen LogP contribution in [0.1, 0.15) is 120 Å². The van der Waals surface area contributed by atoms with Crippen LogP contribution in [-0.2, 0) is 23.7 Å². The minimum atomic E-state index is -0.899. The fraction of sp³-hybridized carbons (Fsp3) is 1.00. The zero-order valence-corrected chi connectivity index (χ0v) is 33.5. The highest BCUT2D eigenvalue weighted by Gasteiger charge is 2.80. The number of aliphatic hydroxyl groups is 1. The van der Waals surface area contributed by atoms with Gasteiger partial charge in [0.05, 0.1) is 56.3 Å². The summed E-state index contributed by atoms with van der Waals surface area (Å²) in [6.07, 6.45) is 13.1. The van der Waals surface area contributed by atoms with E-state index in [1.165, 1.54) is 70.9 Å². The molecule has 290 valence electrons. The van der Waals surface area contributed by atoms with Crippen LogP contribution in [0.4, 0.5) is 0 Å². The number of likely N-dealkylation sites (tertiary alicyclic amines) is 1. The van der Waals surface area contributed by atoms with Crippen LogP contribution in [0.15, 0.2) is 0 Å². The van der Waals surface area contributed by atoms with E-state index in [4.69, 9.17) is 23.7 Å². The highest BCUT2D eigenvalue weighted by Crippen LogP contribution is 2.87. The normalized spacial score (nSPS) is 47.9. The number of ether oxygens (including phenoxy) is 5. The van der Waals surface area contributed by atoms with Gasteiger partial charge in [0.25, 0.3) is 0 Å². The summed E-state index contributed by atoms with van der Waals surface area (Å²) in [5.41, 5.74) is 0.817. The number of hydrogen-bond donors (Lipinski definition) is 1. The van der Waals surface area contributed by atoms with Gasteiger partial charge in [-0.2, -0.15) is 0 Å². The van der Waals surface area contributed by atoms with Crippen LogP contribution in [0, 0.1) is 51.2 Å². The van der Waals surface area contributed by atoms with E-state index < -0.39 is 5.60 Å². The molecule has 9 aliphatic rings. The summed E-state index contributed by atoms with van der Waals surface area (Å²) in [5.74, 6) is 3.67. The van der Waals surface area contributed by atoms with Crippen LogP contribution in [0.25, 0.3) is 0 Å². The van der Waals surface area contributed by atoms with E-state index in [2.05, 4.69) is 44.4 Å². The van der Waals surface area contributed by atoms with Crippen molar-refractivity contribution in [3.8, 4) is 0 Å². The molecule has 0 amide bonds. The number of hydrogen-bond acceptors (Lipinski definition) is 8. The smallest absolute Gasteiger partial charge is 0.170 e. The Morgan fingerprint density at radius 1 is 0.882 bits per heavy atom. The second-order valence-electron chi connectivity index (χ2n) is 21.2.